The standard InChI is InChI=1S/C6H12NO/c1-6(7)2-5(3-6)4-8/h5,8H,1-4,7H2. The smallest absolute Gasteiger partial charge is 0.0460 e. The van der Waals surface area contributed by atoms with Crippen LogP contribution in [0.5, 0.6) is 0 Å². The molecule has 8 heavy (non-hydrogen) atoms. The van der Waals surface area contributed by atoms with Gasteiger partial charge in [0.25, 0.3) is 0 Å². The van der Waals surface area contributed by atoms with E-state index in [1.165, 1.54) is 0 Å². The van der Waals surface area contributed by atoms with Gasteiger partial charge in [0, 0.05) is 12.1 Å². The first kappa shape index (κ1) is 6.05. The molecule has 0 aliphatic heterocycles. The highest BCUT2D eigenvalue weighted by molar-refractivity contribution is 4.99. The average Bonchev–Trinajstić information content (AvgIpc) is 1.60. The van der Waals surface area contributed by atoms with Crippen LogP contribution in [0.15, 0.2) is 0 Å². The molecule has 0 aromatic heterocycles. The Morgan fingerprint density at radius 3 is 2.38 bits per heavy atom. The van der Waals surface area contributed by atoms with Crippen molar-refractivity contribution >= 4 is 0 Å². The minimum absolute atomic E-state index is 0.215. The van der Waals surface area contributed by atoms with Crippen molar-refractivity contribution in [1.82, 2.24) is 0 Å². The zero-order chi connectivity index (χ0) is 6.20. The van der Waals surface area contributed by atoms with E-state index in [0.29, 0.717) is 5.92 Å². The van der Waals surface area contributed by atoms with Gasteiger partial charge in [-0.25, -0.2) is 0 Å². The summed E-state index contributed by atoms with van der Waals surface area (Å²) in [6.45, 7) is 4.01. The fraction of sp³-hybridized carbons (Fsp3) is 0.833. The molecule has 0 aromatic rings. The summed E-state index contributed by atoms with van der Waals surface area (Å²) in [5.41, 5.74) is 5.35. The van der Waals surface area contributed by atoms with Gasteiger partial charge in [-0.05, 0) is 25.7 Å². The van der Waals surface area contributed by atoms with Crippen LogP contribution in [0.4, 0.5) is 0 Å². The van der Waals surface area contributed by atoms with Crippen molar-refractivity contribution in [3.05, 3.63) is 6.92 Å². The van der Waals surface area contributed by atoms with E-state index >= 15 is 0 Å². The topological polar surface area (TPSA) is 46.2 Å². The molecule has 1 aliphatic rings. The third-order valence-electron chi connectivity index (χ3n) is 1.65. The third kappa shape index (κ3) is 1.01. The van der Waals surface area contributed by atoms with Crippen LogP contribution in [0.2, 0.25) is 0 Å². The summed E-state index contributed by atoms with van der Waals surface area (Å²) in [6, 6.07) is 0. The van der Waals surface area contributed by atoms with E-state index in [-0.39, 0.29) is 12.1 Å². The van der Waals surface area contributed by atoms with Gasteiger partial charge in [0.05, 0.1) is 0 Å². The molecule has 0 aromatic carbocycles. The maximum atomic E-state index is 8.53. The molecule has 1 radical (unpaired) electrons. The quantitative estimate of drug-likeness (QED) is 0.501. The highest BCUT2D eigenvalue weighted by Crippen LogP contribution is 2.33. The lowest BCUT2D eigenvalue weighted by molar-refractivity contribution is 0.108. The molecule has 0 saturated heterocycles. The van der Waals surface area contributed by atoms with Crippen LogP contribution < -0.4 is 5.73 Å². The van der Waals surface area contributed by atoms with Gasteiger partial charge in [-0.3, -0.25) is 0 Å². The Hall–Kier alpha value is -0.0800. The van der Waals surface area contributed by atoms with Gasteiger partial charge in [0.15, 0.2) is 0 Å². The maximum Gasteiger partial charge on any atom is 0.0460 e. The second kappa shape index (κ2) is 1.71. The number of nitrogens with two attached hydrogens (primary N) is 1. The van der Waals surface area contributed by atoms with Crippen LogP contribution in [0, 0.1) is 12.8 Å². The summed E-state index contributed by atoms with van der Waals surface area (Å²) >= 11 is 0. The molecule has 0 bridgehead atoms. The normalized spacial score (nSPS) is 46.1. The first-order chi connectivity index (χ1) is 3.64. The minimum atomic E-state index is -0.215. The van der Waals surface area contributed by atoms with Crippen LogP contribution in [0.3, 0.4) is 0 Å². The average molecular weight is 114 g/mol. The Morgan fingerprint density at radius 1 is 1.75 bits per heavy atom. The molecule has 2 heteroatoms. The Bertz CT molecular complexity index is 82.5. The van der Waals surface area contributed by atoms with E-state index in [1.807, 2.05) is 0 Å². The van der Waals surface area contributed by atoms with E-state index in [9.17, 15) is 0 Å². The molecule has 0 amide bonds. The second-order valence-corrected chi connectivity index (χ2v) is 2.82. The molecular formula is C6H12NO. The molecule has 1 fully saturated rings. The van der Waals surface area contributed by atoms with Crippen LogP contribution in [-0.4, -0.2) is 17.3 Å². The highest BCUT2D eigenvalue weighted by atomic mass is 16.3. The predicted molar refractivity (Wildman–Crippen MR) is 32.1 cm³/mol. The van der Waals surface area contributed by atoms with Gasteiger partial charge in [0.1, 0.15) is 0 Å². The lowest BCUT2D eigenvalue weighted by atomic mass is 9.71. The lowest BCUT2D eigenvalue weighted by Crippen LogP contribution is -2.50. The van der Waals surface area contributed by atoms with Crippen LogP contribution >= 0.6 is 0 Å². The van der Waals surface area contributed by atoms with Gasteiger partial charge in [-0.2, -0.15) is 0 Å². The number of rotatable bonds is 1. The zero-order valence-corrected chi connectivity index (χ0v) is 4.93. The largest absolute Gasteiger partial charge is 0.396 e. The SMILES string of the molecule is [CH2]C1(N)CC(CO)C1. The molecule has 0 spiro atoms. The van der Waals surface area contributed by atoms with Crippen molar-refractivity contribution < 1.29 is 5.11 Å². The van der Waals surface area contributed by atoms with E-state index in [0.717, 1.165) is 12.8 Å². The molecular weight excluding hydrogens is 102 g/mol. The summed E-state index contributed by atoms with van der Waals surface area (Å²) in [4.78, 5) is 0. The van der Waals surface area contributed by atoms with Crippen molar-refractivity contribution in [2.24, 2.45) is 11.7 Å². The Kier molecular flexibility index (Phi) is 1.29. The van der Waals surface area contributed by atoms with Crippen molar-refractivity contribution in [1.29, 1.82) is 0 Å². The van der Waals surface area contributed by atoms with Gasteiger partial charge in [-0.15, -0.1) is 0 Å². The number of aliphatic hydroxyl groups excluding tert-OH is 1. The Morgan fingerprint density at radius 2 is 2.25 bits per heavy atom. The molecule has 2 nitrogen and oxygen atoms in total. The fourth-order valence-electron chi connectivity index (χ4n) is 1.22. The second-order valence-electron chi connectivity index (χ2n) is 2.82. The van der Waals surface area contributed by atoms with Crippen molar-refractivity contribution in [3.8, 4) is 0 Å². The van der Waals surface area contributed by atoms with E-state index in [4.69, 9.17) is 10.8 Å². The van der Waals surface area contributed by atoms with Gasteiger partial charge >= 0.3 is 0 Å². The number of hydrogen-bond acceptors (Lipinski definition) is 2. The first-order valence-corrected chi connectivity index (χ1v) is 2.89. The predicted octanol–water partition coefficient (Wildman–Crippen LogP) is -0.0797. The molecule has 1 saturated carbocycles. The monoisotopic (exact) mass is 114 g/mol. The summed E-state index contributed by atoms with van der Waals surface area (Å²) in [5, 5.41) is 8.53. The molecule has 1 aliphatic carbocycles. The van der Waals surface area contributed by atoms with Crippen LogP contribution in [0.1, 0.15) is 12.8 Å². The lowest BCUT2D eigenvalue weighted by Gasteiger charge is -2.41. The molecule has 0 unspecified atom stereocenters. The molecule has 47 valence electrons. The fourth-order valence-corrected chi connectivity index (χ4v) is 1.22. The van der Waals surface area contributed by atoms with Gasteiger partial charge in [-0.1, -0.05) is 0 Å². The molecule has 3 N–H and O–H groups in total. The van der Waals surface area contributed by atoms with E-state index < -0.39 is 0 Å². The van der Waals surface area contributed by atoms with Crippen molar-refractivity contribution in [3.63, 3.8) is 0 Å². The summed E-state index contributed by atoms with van der Waals surface area (Å²) in [6.07, 6.45) is 1.76. The summed E-state index contributed by atoms with van der Waals surface area (Å²) < 4.78 is 0. The van der Waals surface area contributed by atoms with Crippen molar-refractivity contribution in [2.75, 3.05) is 6.61 Å². The minimum Gasteiger partial charge on any atom is -0.396 e. The zero-order valence-electron chi connectivity index (χ0n) is 4.93. The Labute approximate surface area is 49.7 Å². The first-order valence-electron chi connectivity index (χ1n) is 2.89. The highest BCUT2D eigenvalue weighted by Gasteiger charge is 2.35. The number of hydrogen-bond donors (Lipinski definition) is 2. The van der Waals surface area contributed by atoms with Crippen molar-refractivity contribution in [2.45, 2.75) is 18.4 Å². The maximum absolute atomic E-state index is 8.53. The molecule has 1 rings (SSSR count). The van der Waals surface area contributed by atoms with Crippen LogP contribution in [-0.2, 0) is 0 Å². The van der Waals surface area contributed by atoms with Gasteiger partial charge in [0.2, 0.25) is 0 Å². The Balaban J connectivity index is 2.21. The van der Waals surface area contributed by atoms with E-state index in [2.05, 4.69) is 6.92 Å². The molecule has 0 heterocycles. The number of aliphatic hydroxyl groups is 1. The van der Waals surface area contributed by atoms with Crippen LogP contribution in [0.25, 0.3) is 0 Å². The van der Waals surface area contributed by atoms with Gasteiger partial charge < -0.3 is 10.8 Å². The summed E-state index contributed by atoms with van der Waals surface area (Å²) in [5.74, 6) is 0.428. The van der Waals surface area contributed by atoms with E-state index in [1.54, 1.807) is 0 Å². The molecule has 0 atom stereocenters. The summed E-state index contributed by atoms with van der Waals surface area (Å²) in [7, 11) is 0. The third-order valence-corrected chi connectivity index (χ3v) is 1.65.